The summed E-state index contributed by atoms with van der Waals surface area (Å²) in [5.41, 5.74) is 0.553. The number of hydrogen-bond acceptors (Lipinski definition) is 7. The van der Waals surface area contributed by atoms with E-state index < -0.39 is 17.7 Å². The second-order valence-electron chi connectivity index (χ2n) is 10.3. The van der Waals surface area contributed by atoms with Crippen LogP contribution in [0, 0.1) is 11.8 Å². The Labute approximate surface area is 240 Å². The molecule has 0 atom stereocenters. The molecule has 0 aliphatic heterocycles. The predicted molar refractivity (Wildman–Crippen MR) is 151 cm³/mol. The Balaban J connectivity index is 1.37. The molecule has 218 valence electrons. The van der Waals surface area contributed by atoms with Crippen LogP contribution in [0.4, 0.5) is 20.3 Å². The molecule has 11 nitrogen and oxygen atoms in total. The van der Waals surface area contributed by atoms with E-state index in [1.54, 1.807) is 19.0 Å². The van der Waals surface area contributed by atoms with Crippen molar-refractivity contribution in [1.29, 1.82) is 0 Å². The lowest BCUT2D eigenvalue weighted by Gasteiger charge is -2.36. The van der Waals surface area contributed by atoms with Gasteiger partial charge in [0.2, 0.25) is 11.9 Å². The fourth-order valence-electron chi connectivity index (χ4n) is 4.46. The van der Waals surface area contributed by atoms with E-state index in [4.69, 9.17) is 11.6 Å². The van der Waals surface area contributed by atoms with Crippen LogP contribution >= 0.6 is 11.6 Å². The molecule has 0 spiro atoms. The molecule has 4 rings (SSSR count). The van der Waals surface area contributed by atoms with Gasteiger partial charge in [-0.15, -0.1) is 0 Å². The smallest absolute Gasteiger partial charge is 0.291 e. The highest BCUT2D eigenvalue weighted by Gasteiger charge is 2.32. The molecule has 1 aliphatic carbocycles. The predicted octanol–water partition coefficient (Wildman–Crippen LogP) is 2.67. The number of likely N-dealkylation sites (N-methyl/N-ethyl adjacent to an activating group) is 1. The molecular weight excluding hydrogens is 558 g/mol. The first-order chi connectivity index (χ1) is 19.3. The largest absolute Gasteiger partial charge is 0.360 e. The molecular formula is C27H31ClF2N8O3. The van der Waals surface area contributed by atoms with Crippen LogP contribution in [0.25, 0.3) is 11.3 Å². The number of amides is 3. The van der Waals surface area contributed by atoms with Crippen molar-refractivity contribution < 1.29 is 23.2 Å². The van der Waals surface area contributed by atoms with Gasteiger partial charge < -0.3 is 30.3 Å². The van der Waals surface area contributed by atoms with E-state index >= 15 is 0 Å². The van der Waals surface area contributed by atoms with E-state index in [2.05, 4.69) is 25.9 Å². The molecule has 1 aromatic carbocycles. The average molecular weight is 589 g/mol. The van der Waals surface area contributed by atoms with Crippen molar-refractivity contribution in [3.05, 3.63) is 58.6 Å². The number of pyridine rings is 1. The maximum Gasteiger partial charge on any atom is 0.291 e. The van der Waals surface area contributed by atoms with Gasteiger partial charge in [-0.1, -0.05) is 11.6 Å². The second kappa shape index (κ2) is 12.2. The Bertz CT molecular complexity index is 1490. The van der Waals surface area contributed by atoms with Crippen LogP contribution in [0.5, 0.6) is 0 Å². The van der Waals surface area contributed by atoms with Crippen molar-refractivity contribution in [3.8, 4) is 11.3 Å². The van der Waals surface area contributed by atoms with Crippen molar-refractivity contribution in [2.45, 2.75) is 24.9 Å². The van der Waals surface area contributed by atoms with Gasteiger partial charge in [0, 0.05) is 38.9 Å². The van der Waals surface area contributed by atoms with E-state index in [1.807, 2.05) is 14.1 Å². The molecule has 2 heterocycles. The van der Waals surface area contributed by atoms with Crippen LogP contribution in [-0.2, 0) is 11.8 Å². The van der Waals surface area contributed by atoms with E-state index in [-0.39, 0.29) is 57.4 Å². The average Bonchev–Trinajstić information content (AvgIpc) is 3.24. The number of halogens is 3. The summed E-state index contributed by atoms with van der Waals surface area (Å²) in [6.07, 6.45) is 2.49. The fourth-order valence-corrected chi connectivity index (χ4v) is 4.73. The zero-order chi connectivity index (χ0) is 30.0. The number of imidazole rings is 1. The van der Waals surface area contributed by atoms with Crippen LogP contribution in [0.3, 0.4) is 0 Å². The van der Waals surface area contributed by atoms with E-state index in [0.717, 1.165) is 6.07 Å². The number of hydrogen-bond donors (Lipinski definition) is 3. The van der Waals surface area contributed by atoms with Gasteiger partial charge in [-0.2, -0.15) is 9.37 Å². The maximum atomic E-state index is 14.7. The third-order valence-corrected chi connectivity index (χ3v) is 6.88. The first kappa shape index (κ1) is 29.9. The number of aromatic nitrogens is 3. The summed E-state index contributed by atoms with van der Waals surface area (Å²) in [6.45, 7) is 0.300. The maximum absolute atomic E-state index is 14.7. The summed E-state index contributed by atoms with van der Waals surface area (Å²) < 4.78 is 30.4. The Kier molecular flexibility index (Phi) is 8.88. The molecule has 0 bridgehead atoms. The highest BCUT2D eigenvalue weighted by molar-refractivity contribution is 6.34. The SMILES string of the molecule is CN(C)CC(=O)NC1CC(NC(=O)c2ccc(NC(=O)c3ncc(-c4cc(F)c(N(C)C)nc4F)n3C)cc2Cl)C1. The molecule has 1 fully saturated rings. The Morgan fingerprint density at radius 2 is 1.73 bits per heavy atom. The molecule has 0 saturated heterocycles. The minimum atomic E-state index is -0.905. The van der Waals surface area contributed by atoms with Gasteiger partial charge in [0.25, 0.3) is 11.8 Å². The number of benzene rings is 1. The number of rotatable bonds is 9. The van der Waals surface area contributed by atoms with Gasteiger partial charge >= 0.3 is 0 Å². The summed E-state index contributed by atoms with van der Waals surface area (Å²) in [5, 5.41) is 8.59. The quantitative estimate of drug-likeness (QED) is 0.328. The van der Waals surface area contributed by atoms with Crippen molar-refractivity contribution >= 4 is 40.8 Å². The Morgan fingerprint density at radius 1 is 1.05 bits per heavy atom. The molecule has 3 N–H and O–H groups in total. The van der Waals surface area contributed by atoms with Gasteiger partial charge in [0.05, 0.1) is 34.6 Å². The van der Waals surface area contributed by atoms with Gasteiger partial charge in [-0.3, -0.25) is 14.4 Å². The number of anilines is 2. The zero-order valence-corrected chi connectivity index (χ0v) is 24.0. The van der Waals surface area contributed by atoms with Crippen molar-refractivity contribution in [1.82, 2.24) is 30.1 Å². The summed E-state index contributed by atoms with van der Waals surface area (Å²) in [5.74, 6) is -2.90. The monoisotopic (exact) mass is 588 g/mol. The van der Waals surface area contributed by atoms with E-state index in [0.29, 0.717) is 25.1 Å². The molecule has 41 heavy (non-hydrogen) atoms. The van der Waals surface area contributed by atoms with Crippen molar-refractivity contribution in [2.24, 2.45) is 7.05 Å². The summed E-state index contributed by atoms with van der Waals surface area (Å²) in [6, 6.07) is 5.37. The lowest BCUT2D eigenvalue weighted by Crippen LogP contribution is -2.54. The number of carbonyl (C=O) groups is 3. The Morgan fingerprint density at radius 3 is 2.37 bits per heavy atom. The van der Waals surface area contributed by atoms with Gasteiger partial charge in [0.15, 0.2) is 17.5 Å². The van der Waals surface area contributed by atoms with Crippen LogP contribution in [0.2, 0.25) is 5.02 Å². The molecule has 14 heteroatoms. The second-order valence-corrected chi connectivity index (χ2v) is 10.8. The van der Waals surface area contributed by atoms with Crippen molar-refractivity contribution in [3.63, 3.8) is 0 Å². The lowest BCUT2D eigenvalue weighted by molar-refractivity contribution is -0.123. The molecule has 3 amide bonds. The first-order valence-corrected chi connectivity index (χ1v) is 13.1. The first-order valence-electron chi connectivity index (χ1n) is 12.7. The summed E-state index contributed by atoms with van der Waals surface area (Å²) >= 11 is 6.34. The zero-order valence-electron chi connectivity index (χ0n) is 23.3. The summed E-state index contributed by atoms with van der Waals surface area (Å²) in [7, 11) is 8.21. The molecule has 0 radical (unpaired) electrons. The van der Waals surface area contributed by atoms with Crippen LogP contribution in [0.15, 0.2) is 30.5 Å². The summed E-state index contributed by atoms with van der Waals surface area (Å²) in [4.78, 5) is 48.4. The van der Waals surface area contributed by atoms with Gasteiger partial charge in [-0.25, -0.2) is 9.37 Å². The van der Waals surface area contributed by atoms with Crippen LogP contribution < -0.4 is 20.9 Å². The molecule has 1 aliphatic rings. The number of carbonyl (C=O) groups excluding carboxylic acids is 3. The highest BCUT2D eigenvalue weighted by Crippen LogP contribution is 2.28. The minimum Gasteiger partial charge on any atom is -0.360 e. The highest BCUT2D eigenvalue weighted by atomic mass is 35.5. The molecule has 0 unspecified atom stereocenters. The number of nitrogens with zero attached hydrogens (tertiary/aromatic N) is 5. The van der Waals surface area contributed by atoms with Gasteiger partial charge in [-0.05, 0) is 51.2 Å². The fraction of sp³-hybridized carbons (Fsp3) is 0.370. The minimum absolute atomic E-state index is 0.0108. The number of nitrogens with one attached hydrogen (secondary N) is 3. The van der Waals surface area contributed by atoms with Crippen LogP contribution in [0.1, 0.15) is 33.8 Å². The third kappa shape index (κ3) is 6.80. The lowest BCUT2D eigenvalue weighted by atomic mass is 9.86. The normalized spacial score (nSPS) is 16.2. The van der Waals surface area contributed by atoms with E-state index in [1.165, 1.54) is 40.9 Å². The molecule has 2 aromatic heterocycles. The molecule has 3 aromatic rings. The standard InChI is InChI=1S/C27H31ClF2N8O3/c1-36(2)13-22(39)32-15-8-16(9-15)34-26(40)17-7-6-14(10-19(17)28)33-27(41)25-31-12-21(38(25)5)18-11-20(29)24(37(3)4)35-23(18)30/h6-7,10-12,15-16H,8-9,13H2,1-5H3,(H,32,39)(H,33,41)(H,34,40). The van der Waals surface area contributed by atoms with Crippen LogP contribution in [-0.4, -0.2) is 84.0 Å². The third-order valence-electron chi connectivity index (χ3n) is 6.57. The van der Waals surface area contributed by atoms with Gasteiger partial charge in [0.1, 0.15) is 0 Å². The topological polar surface area (TPSA) is 124 Å². The Hall–Kier alpha value is -4.10. The van der Waals surface area contributed by atoms with Crippen molar-refractivity contribution in [2.75, 3.05) is 45.0 Å². The molecule has 1 saturated carbocycles. The van der Waals surface area contributed by atoms with E-state index in [9.17, 15) is 23.2 Å².